The molecule has 0 unspecified atom stereocenters. The average molecular weight is 517 g/mol. The second-order valence-corrected chi connectivity index (χ2v) is 8.55. The number of anilines is 1. The molecule has 37 heavy (non-hydrogen) atoms. The normalized spacial score (nSPS) is 14.1. The highest BCUT2D eigenvalue weighted by Crippen LogP contribution is 2.26. The first-order chi connectivity index (χ1) is 17.8. The topological polar surface area (TPSA) is 94.8 Å². The summed E-state index contributed by atoms with van der Waals surface area (Å²) < 4.78 is 45.3. The third-order valence-corrected chi connectivity index (χ3v) is 6.09. The number of halogens is 3. The van der Waals surface area contributed by atoms with E-state index in [0.717, 1.165) is 19.2 Å². The number of aromatic nitrogens is 2. The lowest BCUT2D eigenvalue weighted by Crippen LogP contribution is -2.50. The van der Waals surface area contributed by atoms with Gasteiger partial charge in [-0.15, -0.1) is 10.2 Å². The van der Waals surface area contributed by atoms with Gasteiger partial charge in [0, 0.05) is 63.0 Å². The van der Waals surface area contributed by atoms with Gasteiger partial charge in [0.15, 0.2) is 0 Å². The van der Waals surface area contributed by atoms with Crippen molar-refractivity contribution in [3.05, 3.63) is 65.8 Å². The Bertz CT molecular complexity index is 1220. The van der Waals surface area contributed by atoms with E-state index < -0.39 is 24.2 Å². The van der Waals surface area contributed by atoms with Crippen LogP contribution in [0.4, 0.5) is 23.7 Å². The molecule has 1 aliphatic heterocycles. The molecule has 0 radical (unpaired) electrons. The summed E-state index contributed by atoms with van der Waals surface area (Å²) in [5.74, 6) is -1.65. The Kier molecular flexibility index (Phi) is 8.39. The number of nitrogens with zero attached hydrogens (tertiary/aromatic N) is 5. The van der Waals surface area contributed by atoms with Gasteiger partial charge in [0.2, 0.25) is 11.8 Å². The van der Waals surface area contributed by atoms with Crippen molar-refractivity contribution < 1.29 is 27.2 Å². The second-order valence-electron chi connectivity index (χ2n) is 8.55. The molecular weight excluding hydrogens is 489 g/mol. The summed E-state index contributed by atoms with van der Waals surface area (Å²) in [5, 5.41) is 9.69. The van der Waals surface area contributed by atoms with E-state index in [4.69, 9.17) is 4.42 Å². The van der Waals surface area contributed by atoms with Crippen LogP contribution in [0.3, 0.4) is 0 Å². The summed E-state index contributed by atoms with van der Waals surface area (Å²) in [7, 11) is 0. The van der Waals surface area contributed by atoms with E-state index in [9.17, 15) is 22.8 Å². The quantitative estimate of drug-likeness (QED) is 0.491. The van der Waals surface area contributed by atoms with Gasteiger partial charge in [-0.2, -0.15) is 8.78 Å². The van der Waals surface area contributed by atoms with E-state index in [-0.39, 0.29) is 29.5 Å². The minimum Gasteiger partial charge on any atom is -0.415 e. The van der Waals surface area contributed by atoms with E-state index >= 15 is 0 Å². The summed E-state index contributed by atoms with van der Waals surface area (Å²) in [6, 6.07) is 12.5. The lowest BCUT2D eigenvalue weighted by molar-refractivity contribution is -0.130. The van der Waals surface area contributed by atoms with Crippen LogP contribution in [0.1, 0.15) is 24.8 Å². The standard InChI is InChI=1S/C25H27F3N6O3/c1-17(35)33-13-11-32(12-14-33)10-9-29-25(36)34(20-5-3-2-4-6-20)16-19-8-7-18(15-21(19)26)23-30-31-24(37-23)22(27)28/h2-8,15,22H,9-14,16H2,1H3,(H,29,36). The predicted octanol–water partition coefficient (Wildman–Crippen LogP) is 3.69. The van der Waals surface area contributed by atoms with Crippen LogP contribution in [0.15, 0.2) is 52.9 Å². The van der Waals surface area contributed by atoms with Crippen molar-refractivity contribution in [2.45, 2.75) is 19.9 Å². The fraction of sp³-hybridized carbons (Fsp3) is 0.360. The summed E-state index contributed by atoms with van der Waals surface area (Å²) in [6.07, 6.45) is -2.92. The minimum atomic E-state index is -2.92. The molecular formula is C25H27F3N6O3. The van der Waals surface area contributed by atoms with Gasteiger partial charge in [0.25, 0.3) is 5.89 Å². The van der Waals surface area contributed by atoms with Crippen LogP contribution < -0.4 is 10.2 Å². The number of piperazine rings is 1. The molecule has 1 N–H and O–H groups in total. The second kappa shape index (κ2) is 11.9. The summed E-state index contributed by atoms with van der Waals surface area (Å²) in [6.45, 7) is 5.26. The molecule has 1 fully saturated rings. The van der Waals surface area contributed by atoms with Crippen LogP contribution in [-0.2, 0) is 11.3 Å². The average Bonchev–Trinajstić information content (AvgIpc) is 3.40. The number of para-hydroxylation sites is 1. The zero-order valence-electron chi connectivity index (χ0n) is 20.2. The van der Waals surface area contributed by atoms with Crippen molar-refractivity contribution in [1.82, 2.24) is 25.3 Å². The summed E-state index contributed by atoms with van der Waals surface area (Å²) in [4.78, 5) is 30.0. The lowest BCUT2D eigenvalue weighted by Gasteiger charge is -2.34. The first-order valence-electron chi connectivity index (χ1n) is 11.8. The van der Waals surface area contributed by atoms with E-state index in [0.29, 0.717) is 31.9 Å². The van der Waals surface area contributed by atoms with E-state index in [2.05, 4.69) is 20.4 Å². The van der Waals surface area contributed by atoms with E-state index in [1.54, 1.807) is 36.1 Å². The lowest BCUT2D eigenvalue weighted by atomic mass is 10.1. The monoisotopic (exact) mass is 516 g/mol. The van der Waals surface area contributed by atoms with Gasteiger partial charge in [-0.25, -0.2) is 9.18 Å². The number of hydrogen-bond acceptors (Lipinski definition) is 6. The number of urea groups is 1. The third-order valence-electron chi connectivity index (χ3n) is 6.09. The molecule has 0 aliphatic carbocycles. The number of alkyl halides is 2. The highest BCUT2D eigenvalue weighted by molar-refractivity contribution is 5.91. The molecule has 0 spiro atoms. The largest absolute Gasteiger partial charge is 0.415 e. The molecule has 4 rings (SSSR count). The van der Waals surface area contributed by atoms with Gasteiger partial charge >= 0.3 is 12.5 Å². The molecule has 0 bridgehead atoms. The highest BCUT2D eigenvalue weighted by Gasteiger charge is 2.22. The summed E-state index contributed by atoms with van der Waals surface area (Å²) in [5.41, 5.74) is 0.954. The Balaban J connectivity index is 1.41. The fourth-order valence-corrected chi connectivity index (χ4v) is 4.01. The van der Waals surface area contributed by atoms with E-state index in [1.165, 1.54) is 17.0 Å². The Morgan fingerprint density at radius 1 is 1.08 bits per heavy atom. The first kappa shape index (κ1) is 26.1. The number of nitrogens with one attached hydrogen (secondary N) is 1. The van der Waals surface area contributed by atoms with Gasteiger partial charge in [0.1, 0.15) is 5.82 Å². The third kappa shape index (κ3) is 6.64. The first-order valence-corrected chi connectivity index (χ1v) is 11.8. The Morgan fingerprint density at radius 2 is 1.81 bits per heavy atom. The van der Waals surface area contributed by atoms with Gasteiger partial charge in [0.05, 0.1) is 6.54 Å². The molecule has 2 heterocycles. The van der Waals surface area contributed by atoms with Crippen molar-refractivity contribution in [2.24, 2.45) is 0 Å². The highest BCUT2D eigenvalue weighted by atomic mass is 19.3. The van der Waals surface area contributed by atoms with E-state index in [1.807, 2.05) is 6.07 Å². The number of carbonyl (C=O) groups is 2. The SMILES string of the molecule is CC(=O)N1CCN(CCNC(=O)N(Cc2ccc(-c3nnc(C(F)F)o3)cc2F)c2ccccc2)CC1. The van der Waals surface area contributed by atoms with Crippen LogP contribution in [0.5, 0.6) is 0 Å². The Hall–Kier alpha value is -3.93. The molecule has 9 nitrogen and oxygen atoms in total. The van der Waals surface area contributed by atoms with Gasteiger partial charge < -0.3 is 14.6 Å². The smallest absolute Gasteiger partial charge is 0.322 e. The van der Waals surface area contributed by atoms with Gasteiger partial charge in [-0.3, -0.25) is 14.6 Å². The van der Waals surface area contributed by atoms with Crippen LogP contribution in [0.2, 0.25) is 0 Å². The Morgan fingerprint density at radius 3 is 2.43 bits per heavy atom. The maximum Gasteiger partial charge on any atom is 0.322 e. The molecule has 2 aromatic carbocycles. The van der Waals surface area contributed by atoms with Crippen LogP contribution in [0.25, 0.3) is 11.5 Å². The zero-order valence-corrected chi connectivity index (χ0v) is 20.2. The fourth-order valence-electron chi connectivity index (χ4n) is 4.01. The molecule has 1 saturated heterocycles. The maximum absolute atomic E-state index is 15.0. The molecule has 1 aromatic heterocycles. The molecule has 12 heteroatoms. The molecule has 3 amide bonds. The number of hydrogen-bond donors (Lipinski definition) is 1. The minimum absolute atomic E-state index is 0.0571. The number of benzene rings is 2. The number of rotatable bonds is 8. The number of carbonyl (C=O) groups excluding carboxylic acids is 2. The molecule has 0 atom stereocenters. The Labute approximate surface area is 211 Å². The van der Waals surface area contributed by atoms with Crippen molar-refractivity contribution in [2.75, 3.05) is 44.2 Å². The predicted molar refractivity (Wildman–Crippen MR) is 129 cm³/mol. The molecule has 196 valence electrons. The molecule has 1 aliphatic rings. The van der Waals surface area contributed by atoms with Gasteiger partial charge in [-0.1, -0.05) is 24.3 Å². The van der Waals surface area contributed by atoms with Crippen LogP contribution in [-0.4, -0.2) is 71.2 Å². The van der Waals surface area contributed by atoms with Crippen LogP contribution >= 0.6 is 0 Å². The number of amides is 3. The van der Waals surface area contributed by atoms with Crippen molar-refractivity contribution in [1.29, 1.82) is 0 Å². The van der Waals surface area contributed by atoms with Crippen molar-refractivity contribution >= 4 is 17.6 Å². The zero-order chi connectivity index (χ0) is 26.4. The van der Waals surface area contributed by atoms with Crippen LogP contribution in [0, 0.1) is 5.82 Å². The van der Waals surface area contributed by atoms with Gasteiger partial charge in [-0.05, 0) is 24.3 Å². The maximum atomic E-state index is 15.0. The van der Waals surface area contributed by atoms with Crippen molar-refractivity contribution in [3.8, 4) is 11.5 Å². The molecule has 0 saturated carbocycles. The van der Waals surface area contributed by atoms with Crippen molar-refractivity contribution in [3.63, 3.8) is 0 Å². The summed E-state index contributed by atoms with van der Waals surface area (Å²) >= 11 is 0. The molecule has 3 aromatic rings.